The van der Waals surface area contributed by atoms with E-state index in [2.05, 4.69) is 19.9 Å². The van der Waals surface area contributed by atoms with E-state index in [9.17, 15) is 8.42 Å². The Morgan fingerprint density at radius 2 is 1.68 bits per heavy atom. The van der Waals surface area contributed by atoms with Crippen molar-refractivity contribution in [1.82, 2.24) is 9.78 Å². The molecule has 1 aromatic heterocycles. The zero-order valence-corrected chi connectivity index (χ0v) is 18.3. The minimum atomic E-state index is -3.51. The van der Waals surface area contributed by atoms with E-state index in [1.807, 2.05) is 61.8 Å². The number of nitrogens with zero attached hydrogens (tertiary/aromatic N) is 3. The summed E-state index contributed by atoms with van der Waals surface area (Å²) in [7, 11) is -3.51. The van der Waals surface area contributed by atoms with Crippen LogP contribution in [0.15, 0.2) is 42.5 Å². The van der Waals surface area contributed by atoms with Gasteiger partial charge in [0.2, 0.25) is 10.0 Å². The highest BCUT2D eigenvalue weighted by atomic mass is 32.2. The first-order chi connectivity index (χ1) is 13.1. The number of aromatic nitrogens is 2. The Morgan fingerprint density at radius 1 is 1.07 bits per heavy atom. The van der Waals surface area contributed by atoms with Gasteiger partial charge < -0.3 is 0 Å². The average Bonchev–Trinajstić information content (AvgIpc) is 2.99. The highest BCUT2D eigenvalue weighted by Gasteiger charge is 2.32. The zero-order chi connectivity index (χ0) is 20.6. The summed E-state index contributed by atoms with van der Waals surface area (Å²) in [6.07, 6.45) is 1.88. The van der Waals surface area contributed by atoms with Gasteiger partial charge in [0.1, 0.15) is 0 Å². The second-order valence-corrected chi connectivity index (χ2v) is 9.74. The van der Waals surface area contributed by atoms with Crippen LogP contribution in [0.1, 0.15) is 36.6 Å². The maximum atomic E-state index is 12.9. The van der Waals surface area contributed by atoms with Gasteiger partial charge in [0, 0.05) is 11.4 Å². The average molecular weight is 397 g/mol. The molecule has 0 spiro atoms. The van der Waals surface area contributed by atoms with E-state index in [1.54, 1.807) is 0 Å². The molecule has 0 unspecified atom stereocenters. The molecule has 0 aliphatic rings. The van der Waals surface area contributed by atoms with Crippen LogP contribution in [0.25, 0.3) is 10.9 Å². The Labute approximate surface area is 168 Å². The highest BCUT2D eigenvalue weighted by molar-refractivity contribution is 7.93. The molecule has 1 heterocycles. The van der Waals surface area contributed by atoms with Crippen molar-refractivity contribution in [3.8, 4) is 0 Å². The SMILES string of the molecule is CB(Cc1ccccc1)N(c1nn(C(C)C)c2c(C)ccc(C)c12)S(C)(=O)=O. The van der Waals surface area contributed by atoms with Gasteiger partial charge in [-0.25, -0.2) is 8.42 Å². The minimum absolute atomic E-state index is 0.127. The summed E-state index contributed by atoms with van der Waals surface area (Å²) in [6.45, 7) is 9.88. The summed E-state index contributed by atoms with van der Waals surface area (Å²) in [5.41, 5.74) is 4.23. The first-order valence-electron chi connectivity index (χ1n) is 9.63. The fourth-order valence-electron chi connectivity index (χ4n) is 3.83. The summed E-state index contributed by atoms with van der Waals surface area (Å²) in [4.78, 5) is 0. The van der Waals surface area contributed by atoms with Crippen molar-refractivity contribution in [2.24, 2.45) is 0 Å². The van der Waals surface area contributed by atoms with E-state index in [4.69, 9.17) is 5.10 Å². The van der Waals surface area contributed by atoms with E-state index in [1.165, 1.54) is 10.5 Å². The van der Waals surface area contributed by atoms with Gasteiger partial charge in [0.05, 0.1) is 11.8 Å². The number of benzene rings is 2. The summed E-state index contributed by atoms with van der Waals surface area (Å²) in [5.74, 6) is 0.524. The van der Waals surface area contributed by atoms with E-state index in [0.717, 1.165) is 27.6 Å². The Balaban J connectivity index is 2.22. The van der Waals surface area contributed by atoms with Crippen LogP contribution in [0.2, 0.25) is 6.82 Å². The second-order valence-electron chi connectivity index (χ2n) is 7.88. The molecule has 0 aliphatic heterocycles. The number of hydrogen-bond acceptors (Lipinski definition) is 3. The maximum absolute atomic E-state index is 12.9. The smallest absolute Gasteiger partial charge is 0.277 e. The Bertz CT molecular complexity index is 1090. The van der Waals surface area contributed by atoms with Crippen LogP contribution >= 0.6 is 0 Å². The van der Waals surface area contributed by atoms with Crippen LogP contribution < -0.4 is 4.22 Å². The van der Waals surface area contributed by atoms with Gasteiger partial charge in [-0.15, -0.1) is 0 Å². The molecule has 0 saturated heterocycles. The van der Waals surface area contributed by atoms with Crippen molar-refractivity contribution in [2.75, 3.05) is 10.5 Å². The first-order valence-corrected chi connectivity index (χ1v) is 11.5. The third-order valence-corrected chi connectivity index (χ3v) is 6.32. The fraction of sp³-hybridized carbons (Fsp3) is 0.381. The normalized spacial score (nSPS) is 12.0. The topological polar surface area (TPSA) is 55.2 Å². The van der Waals surface area contributed by atoms with Crippen LogP contribution in [0.5, 0.6) is 0 Å². The quantitative estimate of drug-likeness (QED) is 0.580. The molecule has 0 bridgehead atoms. The molecular weight excluding hydrogens is 369 g/mol. The van der Waals surface area contributed by atoms with Crippen molar-refractivity contribution in [3.63, 3.8) is 0 Å². The van der Waals surface area contributed by atoms with Crippen LogP contribution in [0.4, 0.5) is 5.82 Å². The van der Waals surface area contributed by atoms with E-state index < -0.39 is 10.0 Å². The lowest BCUT2D eigenvalue weighted by Crippen LogP contribution is -2.43. The first kappa shape index (κ1) is 20.5. The van der Waals surface area contributed by atoms with Crippen LogP contribution in [-0.2, 0) is 16.3 Å². The third-order valence-electron chi connectivity index (χ3n) is 5.07. The van der Waals surface area contributed by atoms with Gasteiger partial charge in [-0.1, -0.05) is 54.9 Å². The molecule has 2 aromatic carbocycles. The maximum Gasteiger partial charge on any atom is 0.277 e. The molecule has 5 nitrogen and oxygen atoms in total. The lowest BCUT2D eigenvalue weighted by molar-refractivity contribution is 0.550. The molecule has 0 aliphatic carbocycles. The number of fused-ring (bicyclic) bond motifs is 1. The molecule has 0 fully saturated rings. The van der Waals surface area contributed by atoms with Gasteiger partial charge in [0.15, 0.2) is 5.82 Å². The third kappa shape index (κ3) is 3.81. The van der Waals surface area contributed by atoms with Gasteiger partial charge in [-0.05, 0) is 45.1 Å². The fourth-order valence-corrected chi connectivity index (χ4v) is 5.00. The Morgan fingerprint density at radius 3 is 2.25 bits per heavy atom. The van der Waals surface area contributed by atoms with Gasteiger partial charge >= 0.3 is 0 Å². The van der Waals surface area contributed by atoms with Crippen molar-refractivity contribution < 1.29 is 8.42 Å². The zero-order valence-electron chi connectivity index (χ0n) is 17.5. The van der Waals surface area contributed by atoms with Crippen molar-refractivity contribution >= 4 is 33.6 Å². The molecule has 3 rings (SSSR count). The summed E-state index contributed by atoms with van der Waals surface area (Å²) < 4.78 is 29.2. The number of sulfonamides is 1. The van der Waals surface area contributed by atoms with Gasteiger partial charge in [-0.3, -0.25) is 8.90 Å². The molecule has 0 atom stereocenters. The molecule has 0 N–H and O–H groups in total. The number of hydrogen-bond donors (Lipinski definition) is 0. The van der Waals surface area contributed by atoms with Gasteiger partial charge in [0.25, 0.3) is 6.85 Å². The summed E-state index contributed by atoms with van der Waals surface area (Å²) in [5, 5.41) is 5.72. The largest absolute Gasteiger partial charge is 0.299 e. The molecular formula is C21H28BN3O2S. The van der Waals surface area contributed by atoms with Gasteiger partial charge in [-0.2, -0.15) is 5.10 Å². The molecule has 3 aromatic rings. The Kier molecular flexibility index (Phi) is 5.57. The standard InChI is InChI=1S/C21H28BN3O2S/c1-15(2)24-20-17(4)13-12-16(3)19(20)21(23-24)25(28(6,26)27)22(5)14-18-10-8-7-9-11-18/h7-13,15H,14H2,1-6H3. The predicted octanol–water partition coefficient (Wildman–Crippen LogP) is 4.40. The highest BCUT2D eigenvalue weighted by Crippen LogP contribution is 2.35. The molecule has 0 saturated carbocycles. The number of rotatable bonds is 6. The lowest BCUT2D eigenvalue weighted by atomic mass is 9.60. The molecule has 148 valence electrons. The van der Waals surface area contributed by atoms with Crippen molar-refractivity contribution in [3.05, 3.63) is 59.2 Å². The van der Waals surface area contributed by atoms with E-state index >= 15 is 0 Å². The molecule has 0 radical (unpaired) electrons. The molecule has 28 heavy (non-hydrogen) atoms. The minimum Gasteiger partial charge on any atom is -0.299 e. The number of aryl methyl sites for hydroxylation is 2. The monoisotopic (exact) mass is 397 g/mol. The Hall–Kier alpha value is -2.28. The van der Waals surface area contributed by atoms with E-state index in [-0.39, 0.29) is 12.9 Å². The van der Waals surface area contributed by atoms with E-state index in [0.29, 0.717) is 12.1 Å². The molecule has 0 amide bonds. The second kappa shape index (κ2) is 7.62. The van der Waals surface area contributed by atoms with Crippen LogP contribution in [-0.4, -0.2) is 31.3 Å². The molecule has 7 heteroatoms. The number of anilines is 1. The lowest BCUT2D eigenvalue weighted by Gasteiger charge is -2.26. The predicted molar refractivity (Wildman–Crippen MR) is 119 cm³/mol. The van der Waals surface area contributed by atoms with Crippen molar-refractivity contribution in [2.45, 2.75) is 46.9 Å². The summed E-state index contributed by atoms with van der Waals surface area (Å²) >= 11 is 0. The van der Waals surface area contributed by atoms with Crippen LogP contribution in [0.3, 0.4) is 0 Å². The van der Waals surface area contributed by atoms with Crippen molar-refractivity contribution in [1.29, 1.82) is 0 Å². The van der Waals surface area contributed by atoms with Crippen LogP contribution in [0, 0.1) is 13.8 Å². The summed E-state index contributed by atoms with van der Waals surface area (Å²) in [6, 6.07) is 14.2.